The summed E-state index contributed by atoms with van der Waals surface area (Å²) in [7, 11) is 0. The fourth-order valence-electron chi connectivity index (χ4n) is 4.46. The maximum Gasteiger partial charge on any atom is 0.0693 e. The zero-order chi connectivity index (χ0) is 22.5. The molecule has 0 amide bonds. The number of rotatable bonds is 7. The van der Waals surface area contributed by atoms with Crippen molar-refractivity contribution in [2.24, 2.45) is 0 Å². The van der Waals surface area contributed by atoms with E-state index >= 15 is 0 Å². The molecule has 0 fully saturated rings. The van der Waals surface area contributed by atoms with E-state index in [0.29, 0.717) is 0 Å². The van der Waals surface area contributed by atoms with Crippen molar-refractivity contribution in [2.75, 3.05) is 16.8 Å². The van der Waals surface area contributed by atoms with Crippen LogP contribution in [0, 0.1) is 27.7 Å². The van der Waals surface area contributed by atoms with Crippen LogP contribution in [0.5, 0.6) is 0 Å². The summed E-state index contributed by atoms with van der Waals surface area (Å²) >= 11 is 0. The molecular formula is C30H32N2. The number of anilines is 3. The Balaban J connectivity index is 1.77. The molecule has 4 rings (SSSR count). The van der Waals surface area contributed by atoms with Crippen LogP contribution in [-0.4, -0.2) is 6.54 Å². The second-order valence-corrected chi connectivity index (χ2v) is 8.67. The molecule has 4 aromatic carbocycles. The molecule has 0 aliphatic carbocycles. The van der Waals surface area contributed by atoms with Gasteiger partial charge in [0.15, 0.2) is 0 Å². The number of hydrogen-bond donors (Lipinski definition) is 1. The second-order valence-electron chi connectivity index (χ2n) is 8.67. The molecule has 0 saturated carbocycles. The monoisotopic (exact) mass is 420 g/mol. The summed E-state index contributed by atoms with van der Waals surface area (Å²) in [5.74, 6) is 0. The number of nitrogens with one attached hydrogen (secondary N) is 1. The van der Waals surface area contributed by atoms with Crippen molar-refractivity contribution < 1.29 is 0 Å². The summed E-state index contributed by atoms with van der Waals surface area (Å²) in [6.07, 6.45) is 0. The summed E-state index contributed by atoms with van der Waals surface area (Å²) in [5, 5.41) is 3.91. The Labute approximate surface area is 192 Å². The van der Waals surface area contributed by atoms with Crippen LogP contribution in [0.3, 0.4) is 0 Å². The average molecular weight is 421 g/mol. The van der Waals surface area contributed by atoms with Crippen molar-refractivity contribution in [3.8, 4) is 0 Å². The van der Waals surface area contributed by atoms with Crippen molar-refractivity contribution in [3.63, 3.8) is 0 Å². The lowest BCUT2D eigenvalue weighted by Gasteiger charge is -2.32. The molecule has 0 aliphatic rings. The minimum Gasteiger partial charge on any atom is -0.376 e. The van der Waals surface area contributed by atoms with Crippen LogP contribution in [0.4, 0.5) is 17.1 Å². The molecule has 32 heavy (non-hydrogen) atoms. The molecule has 1 N–H and O–H groups in total. The molecule has 0 bridgehead atoms. The fraction of sp³-hybridized carbons (Fsp3) is 0.200. The van der Waals surface area contributed by atoms with E-state index in [-0.39, 0.29) is 6.04 Å². The van der Waals surface area contributed by atoms with Gasteiger partial charge < -0.3 is 10.2 Å². The highest BCUT2D eigenvalue weighted by molar-refractivity contribution is 5.65. The van der Waals surface area contributed by atoms with Gasteiger partial charge in [-0.15, -0.1) is 0 Å². The van der Waals surface area contributed by atoms with Crippen LogP contribution in [0.1, 0.15) is 33.9 Å². The van der Waals surface area contributed by atoms with E-state index < -0.39 is 0 Å². The van der Waals surface area contributed by atoms with Gasteiger partial charge in [-0.1, -0.05) is 83.9 Å². The minimum atomic E-state index is 0.121. The van der Waals surface area contributed by atoms with Gasteiger partial charge in [0.05, 0.1) is 6.04 Å². The number of aryl methyl sites for hydroxylation is 4. The Kier molecular flexibility index (Phi) is 6.61. The third kappa shape index (κ3) is 5.03. The highest BCUT2D eigenvalue weighted by Crippen LogP contribution is 2.32. The van der Waals surface area contributed by atoms with Crippen LogP contribution in [0.15, 0.2) is 97.1 Å². The lowest BCUT2D eigenvalue weighted by atomic mass is 10.00. The first-order chi connectivity index (χ1) is 15.5. The van der Waals surface area contributed by atoms with Gasteiger partial charge in [-0.25, -0.2) is 0 Å². The standard InChI is InChI=1S/C30H32N2/c1-22-12-11-13-26(20-22)29(31-30-24(3)18-23(2)19-25(30)4)21-32(27-14-7-5-8-15-27)28-16-9-6-10-17-28/h5-20,29,31H,21H2,1-4H3. The van der Waals surface area contributed by atoms with Crippen molar-refractivity contribution in [1.82, 2.24) is 0 Å². The summed E-state index contributed by atoms with van der Waals surface area (Å²) in [6.45, 7) is 9.53. The largest absolute Gasteiger partial charge is 0.376 e. The van der Waals surface area contributed by atoms with E-state index in [0.717, 1.165) is 6.54 Å². The molecule has 2 nitrogen and oxygen atoms in total. The van der Waals surface area contributed by atoms with Crippen LogP contribution < -0.4 is 10.2 Å². The third-order valence-electron chi connectivity index (χ3n) is 5.94. The highest BCUT2D eigenvalue weighted by atomic mass is 15.2. The van der Waals surface area contributed by atoms with Gasteiger partial charge in [0.1, 0.15) is 0 Å². The average Bonchev–Trinajstić information content (AvgIpc) is 2.79. The smallest absolute Gasteiger partial charge is 0.0693 e. The molecule has 4 aromatic rings. The Morgan fingerprint density at radius 2 is 1.19 bits per heavy atom. The molecule has 1 atom stereocenters. The van der Waals surface area contributed by atoms with Crippen molar-refractivity contribution in [1.29, 1.82) is 0 Å². The number of para-hydroxylation sites is 2. The highest BCUT2D eigenvalue weighted by Gasteiger charge is 2.20. The summed E-state index contributed by atoms with van der Waals surface area (Å²) in [4.78, 5) is 2.40. The number of nitrogens with zero attached hydrogens (tertiary/aromatic N) is 1. The van der Waals surface area contributed by atoms with Crippen molar-refractivity contribution in [3.05, 3.63) is 125 Å². The Hall–Kier alpha value is -3.52. The summed E-state index contributed by atoms with van der Waals surface area (Å²) in [6, 6.07) is 34.8. The number of hydrogen-bond acceptors (Lipinski definition) is 2. The maximum absolute atomic E-state index is 3.91. The zero-order valence-electron chi connectivity index (χ0n) is 19.5. The molecule has 0 saturated heterocycles. The molecule has 0 heterocycles. The van der Waals surface area contributed by atoms with E-state index in [4.69, 9.17) is 0 Å². The molecule has 0 aliphatic heterocycles. The lowest BCUT2D eigenvalue weighted by molar-refractivity contribution is 0.764. The van der Waals surface area contributed by atoms with Gasteiger partial charge in [0.2, 0.25) is 0 Å². The van der Waals surface area contributed by atoms with Gasteiger partial charge in [0, 0.05) is 23.6 Å². The van der Waals surface area contributed by atoms with E-state index in [1.807, 2.05) is 0 Å². The molecular weight excluding hydrogens is 388 g/mol. The molecule has 0 spiro atoms. The van der Waals surface area contributed by atoms with Crippen LogP contribution >= 0.6 is 0 Å². The number of benzene rings is 4. The zero-order valence-corrected chi connectivity index (χ0v) is 19.5. The van der Waals surface area contributed by atoms with Crippen LogP contribution in [0.25, 0.3) is 0 Å². The minimum absolute atomic E-state index is 0.121. The van der Waals surface area contributed by atoms with E-state index in [1.165, 1.54) is 44.9 Å². The predicted molar refractivity (Wildman–Crippen MR) is 138 cm³/mol. The van der Waals surface area contributed by atoms with Gasteiger partial charge in [-0.2, -0.15) is 0 Å². The lowest BCUT2D eigenvalue weighted by Crippen LogP contribution is -2.28. The normalized spacial score (nSPS) is 11.8. The Morgan fingerprint density at radius 1 is 0.625 bits per heavy atom. The topological polar surface area (TPSA) is 15.3 Å². The van der Waals surface area contributed by atoms with Gasteiger partial charge in [-0.3, -0.25) is 0 Å². The van der Waals surface area contributed by atoms with Crippen molar-refractivity contribution in [2.45, 2.75) is 33.7 Å². The van der Waals surface area contributed by atoms with Crippen molar-refractivity contribution >= 4 is 17.1 Å². The third-order valence-corrected chi connectivity index (χ3v) is 5.94. The maximum atomic E-state index is 3.91. The first-order valence-electron chi connectivity index (χ1n) is 11.3. The van der Waals surface area contributed by atoms with E-state index in [9.17, 15) is 0 Å². The van der Waals surface area contributed by atoms with Gasteiger partial charge in [-0.05, 0) is 68.7 Å². The Morgan fingerprint density at radius 3 is 1.72 bits per heavy atom. The second kappa shape index (κ2) is 9.74. The summed E-state index contributed by atoms with van der Waals surface area (Å²) in [5.41, 5.74) is 10.0. The summed E-state index contributed by atoms with van der Waals surface area (Å²) < 4.78 is 0. The quantitative estimate of drug-likeness (QED) is 0.327. The molecule has 0 radical (unpaired) electrons. The fourth-order valence-corrected chi connectivity index (χ4v) is 4.46. The van der Waals surface area contributed by atoms with Gasteiger partial charge >= 0.3 is 0 Å². The molecule has 2 heteroatoms. The van der Waals surface area contributed by atoms with Crippen LogP contribution in [-0.2, 0) is 0 Å². The predicted octanol–water partition coefficient (Wildman–Crippen LogP) is 7.91. The van der Waals surface area contributed by atoms with E-state index in [2.05, 4.69) is 135 Å². The SMILES string of the molecule is Cc1cccc(C(CN(c2ccccc2)c2ccccc2)Nc2c(C)cc(C)cc2C)c1. The molecule has 162 valence electrons. The molecule has 0 aromatic heterocycles. The van der Waals surface area contributed by atoms with Gasteiger partial charge in [0.25, 0.3) is 0 Å². The van der Waals surface area contributed by atoms with Crippen LogP contribution in [0.2, 0.25) is 0 Å². The molecule has 1 unspecified atom stereocenters. The first-order valence-corrected chi connectivity index (χ1v) is 11.3. The Bertz CT molecular complexity index is 1100. The van der Waals surface area contributed by atoms with E-state index in [1.54, 1.807) is 0 Å². The first kappa shape index (κ1) is 21.7.